The van der Waals surface area contributed by atoms with Crippen LogP contribution in [0.1, 0.15) is 35.1 Å². The first kappa shape index (κ1) is 13.1. The van der Waals surface area contributed by atoms with Gasteiger partial charge in [-0.05, 0) is 48.6 Å². The zero-order chi connectivity index (χ0) is 14.4. The molecule has 0 aromatic heterocycles. The Kier molecular flexibility index (Phi) is 3.15. The number of benzene rings is 2. The maximum atomic E-state index is 3.78. The van der Waals surface area contributed by atoms with E-state index in [-0.39, 0.29) is 0 Å². The number of rotatable bonds is 1. The predicted molar refractivity (Wildman–Crippen MR) is 91.7 cm³/mol. The van der Waals surface area contributed by atoms with E-state index in [1.807, 2.05) is 0 Å². The Labute approximate surface area is 134 Å². The van der Waals surface area contributed by atoms with E-state index in [0.717, 1.165) is 10.9 Å². The summed E-state index contributed by atoms with van der Waals surface area (Å²) in [7, 11) is 0. The average molecular weight is 340 g/mol. The fraction of sp³-hybridized carbons (Fsp3) is 0.263. The summed E-state index contributed by atoms with van der Waals surface area (Å²) >= 11 is 3.53. The number of hydrogen-bond donors (Lipinski definition) is 1. The minimum Gasteiger partial charge on any atom is -0.378 e. The second kappa shape index (κ2) is 5.03. The minimum absolute atomic E-state index is 0.397. The minimum atomic E-state index is 0.397. The highest BCUT2D eigenvalue weighted by Gasteiger charge is 2.37. The number of allylic oxidation sites excluding steroid dienone is 2. The van der Waals surface area contributed by atoms with Gasteiger partial charge in [-0.15, -0.1) is 0 Å². The third kappa shape index (κ3) is 2.22. The third-order valence-corrected chi connectivity index (χ3v) is 5.28. The molecule has 2 aromatic rings. The van der Waals surface area contributed by atoms with Crippen LogP contribution in [0.3, 0.4) is 0 Å². The molecule has 0 radical (unpaired) electrons. The van der Waals surface area contributed by atoms with Gasteiger partial charge < -0.3 is 5.32 Å². The van der Waals surface area contributed by atoms with Crippen LogP contribution in [-0.4, -0.2) is 0 Å². The maximum absolute atomic E-state index is 3.78. The zero-order valence-corrected chi connectivity index (χ0v) is 13.6. The molecule has 1 N–H and O–H groups in total. The molecule has 0 fully saturated rings. The maximum Gasteiger partial charge on any atom is 0.0553 e. The van der Waals surface area contributed by atoms with E-state index in [1.165, 1.54) is 22.4 Å². The van der Waals surface area contributed by atoms with E-state index in [9.17, 15) is 0 Å². The van der Waals surface area contributed by atoms with E-state index in [1.54, 1.807) is 0 Å². The van der Waals surface area contributed by atoms with Crippen LogP contribution in [0.4, 0.5) is 5.69 Å². The van der Waals surface area contributed by atoms with Gasteiger partial charge in [0.1, 0.15) is 0 Å². The molecule has 2 heteroatoms. The van der Waals surface area contributed by atoms with Gasteiger partial charge >= 0.3 is 0 Å². The molecule has 4 rings (SSSR count). The van der Waals surface area contributed by atoms with Crippen molar-refractivity contribution in [3.05, 3.63) is 75.8 Å². The van der Waals surface area contributed by atoms with Gasteiger partial charge in [0.25, 0.3) is 0 Å². The molecule has 21 heavy (non-hydrogen) atoms. The van der Waals surface area contributed by atoms with Crippen molar-refractivity contribution in [1.82, 2.24) is 0 Å². The lowest BCUT2D eigenvalue weighted by Gasteiger charge is -2.37. The van der Waals surface area contributed by atoms with E-state index in [0.29, 0.717) is 17.9 Å². The molecular weight excluding hydrogens is 322 g/mol. The SMILES string of the molecule is Cc1ccc2c(c1)[C@@H]1C=CC[C@@H]1[C@@H](c1ccc(Br)cc1)N2. The molecule has 2 aliphatic rings. The fourth-order valence-corrected chi connectivity index (χ4v) is 3.98. The highest BCUT2D eigenvalue weighted by molar-refractivity contribution is 9.10. The van der Waals surface area contributed by atoms with Crippen LogP contribution in [-0.2, 0) is 0 Å². The van der Waals surface area contributed by atoms with Gasteiger partial charge in [-0.3, -0.25) is 0 Å². The number of halogens is 1. The Hall–Kier alpha value is -1.54. The Morgan fingerprint density at radius 1 is 1.10 bits per heavy atom. The number of fused-ring (bicyclic) bond motifs is 3. The van der Waals surface area contributed by atoms with Gasteiger partial charge in [0.15, 0.2) is 0 Å². The van der Waals surface area contributed by atoms with Crippen LogP contribution in [0.15, 0.2) is 59.1 Å². The first-order valence-electron chi connectivity index (χ1n) is 7.51. The average Bonchev–Trinajstić information content (AvgIpc) is 2.97. The molecule has 0 unspecified atom stereocenters. The van der Waals surface area contributed by atoms with E-state index in [4.69, 9.17) is 0 Å². The number of anilines is 1. The molecule has 106 valence electrons. The summed E-state index contributed by atoms with van der Waals surface area (Å²) in [4.78, 5) is 0. The van der Waals surface area contributed by atoms with Gasteiger partial charge in [0.05, 0.1) is 6.04 Å². The van der Waals surface area contributed by atoms with Crippen molar-refractivity contribution in [1.29, 1.82) is 0 Å². The predicted octanol–water partition coefficient (Wildman–Crippen LogP) is 5.58. The van der Waals surface area contributed by atoms with Crippen LogP contribution >= 0.6 is 15.9 Å². The molecular formula is C19H18BrN. The van der Waals surface area contributed by atoms with Crippen LogP contribution in [0.5, 0.6) is 0 Å². The standard InChI is InChI=1S/C19H18BrN/c1-12-5-10-18-17(11-12)15-3-2-4-16(15)19(21-18)13-6-8-14(20)9-7-13/h2-3,5-11,15-16,19,21H,4H2,1H3/t15-,16+,19-/m1/s1. The van der Waals surface area contributed by atoms with Gasteiger partial charge in [0, 0.05) is 16.1 Å². The van der Waals surface area contributed by atoms with E-state index >= 15 is 0 Å². The first-order valence-corrected chi connectivity index (χ1v) is 8.31. The number of nitrogens with one attached hydrogen (secondary N) is 1. The Morgan fingerprint density at radius 3 is 2.71 bits per heavy atom. The van der Waals surface area contributed by atoms with Crippen molar-refractivity contribution in [2.75, 3.05) is 5.32 Å². The van der Waals surface area contributed by atoms with Crippen molar-refractivity contribution in [3.63, 3.8) is 0 Å². The topological polar surface area (TPSA) is 12.0 Å². The van der Waals surface area contributed by atoms with Gasteiger partial charge in [-0.1, -0.05) is 57.9 Å². The zero-order valence-electron chi connectivity index (χ0n) is 12.0. The summed E-state index contributed by atoms with van der Waals surface area (Å²) in [5.41, 5.74) is 5.48. The van der Waals surface area contributed by atoms with Gasteiger partial charge in [-0.25, -0.2) is 0 Å². The van der Waals surface area contributed by atoms with Gasteiger partial charge in [0.2, 0.25) is 0 Å². The molecule has 0 saturated carbocycles. The second-order valence-electron chi connectivity index (χ2n) is 6.12. The van der Waals surface area contributed by atoms with E-state index < -0.39 is 0 Å². The number of aryl methyl sites for hydroxylation is 1. The highest BCUT2D eigenvalue weighted by atomic mass is 79.9. The van der Waals surface area contributed by atoms with Crippen molar-refractivity contribution in [2.45, 2.75) is 25.3 Å². The summed E-state index contributed by atoms with van der Waals surface area (Å²) in [5, 5.41) is 3.78. The Balaban J connectivity index is 1.78. The summed E-state index contributed by atoms with van der Waals surface area (Å²) in [6, 6.07) is 15.9. The third-order valence-electron chi connectivity index (χ3n) is 4.75. The molecule has 1 aliphatic heterocycles. The second-order valence-corrected chi connectivity index (χ2v) is 7.03. The molecule has 3 atom stereocenters. The lowest BCUT2D eigenvalue weighted by Crippen LogP contribution is -2.29. The van der Waals surface area contributed by atoms with Gasteiger partial charge in [-0.2, -0.15) is 0 Å². The van der Waals surface area contributed by atoms with Crippen molar-refractivity contribution >= 4 is 21.6 Å². The van der Waals surface area contributed by atoms with Crippen molar-refractivity contribution in [3.8, 4) is 0 Å². The quantitative estimate of drug-likeness (QED) is 0.668. The summed E-state index contributed by atoms with van der Waals surface area (Å²) < 4.78 is 1.14. The molecule has 0 saturated heterocycles. The van der Waals surface area contributed by atoms with Crippen LogP contribution in [0.25, 0.3) is 0 Å². The molecule has 1 nitrogen and oxygen atoms in total. The fourth-order valence-electron chi connectivity index (χ4n) is 3.71. The summed E-state index contributed by atoms with van der Waals surface area (Å²) in [5.74, 6) is 1.18. The highest BCUT2D eigenvalue weighted by Crippen LogP contribution is 2.49. The lowest BCUT2D eigenvalue weighted by molar-refractivity contribution is 0.425. The monoisotopic (exact) mass is 339 g/mol. The Bertz CT molecular complexity index is 702. The largest absolute Gasteiger partial charge is 0.378 e. The molecule has 0 bridgehead atoms. The van der Waals surface area contributed by atoms with Crippen LogP contribution < -0.4 is 5.32 Å². The first-order chi connectivity index (χ1) is 10.2. The van der Waals surface area contributed by atoms with Crippen LogP contribution in [0, 0.1) is 12.8 Å². The Morgan fingerprint density at radius 2 is 1.90 bits per heavy atom. The molecule has 1 heterocycles. The van der Waals surface area contributed by atoms with Crippen molar-refractivity contribution < 1.29 is 0 Å². The van der Waals surface area contributed by atoms with Crippen LogP contribution in [0.2, 0.25) is 0 Å². The molecule has 2 aromatic carbocycles. The summed E-state index contributed by atoms with van der Waals surface area (Å²) in [6.07, 6.45) is 5.90. The molecule has 0 amide bonds. The molecule has 1 aliphatic carbocycles. The summed E-state index contributed by atoms with van der Waals surface area (Å²) in [6.45, 7) is 2.18. The normalized spacial score (nSPS) is 26.1. The van der Waals surface area contributed by atoms with E-state index in [2.05, 4.69) is 82.8 Å². The van der Waals surface area contributed by atoms with Crippen molar-refractivity contribution in [2.24, 2.45) is 5.92 Å². The lowest BCUT2D eigenvalue weighted by atomic mass is 9.77. The smallest absolute Gasteiger partial charge is 0.0553 e. The molecule has 0 spiro atoms. The number of hydrogen-bond acceptors (Lipinski definition) is 1.